The largest absolute Gasteiger partial charge is 0.481 e. The van der Waals surface area contributed by atoms with Crippen molar-refractivity contribution < 1.29 is 14.7 Å². The molecule has 5 heteroatoms. The standard InChI is InChI=1S/C12H20N2O3/c1-3-7-13(2)12(17)14-8-6-10(9-14)4-5-11(15)16/h3,10H,1,4-9H2,2H3,(H,15,16). The molecule has 1 aliphatic rings. The highest BCUT2D eigenvalue weighted by atomic mass is 16.4. The topological polar surface area (TPSA) is 60.9 Å². The lowest BCUT2D eigenvalue weighted by Crippen LogP contribution is -2.39. The number of hydrogen-bond donors (Lipinski definition) is 1. The predicted molar refractivity (Wildman–Crippen MR) is 64.8 cm³/mol. The molecule has 96 valence electrons. The van der Waals surface area contributed by atoms with Crippen molar-refractivity contribution in [2.75, 3.05) is 26.7 Å². The second-order valence-corrected chi connectivity index (χ2v) is 4.48. The first-order chi connectivity index (χ1) is 8.04. The molecule has 5 nitrogen and oxygen atoms in total. The Morgan fingerprint density at radius 2 is 2.29 bits per heavy atom. The zero-order valence-electron chi connectivity index (χ0n) is 10.3. The average Bonchev–Trinajstić information content (AvgIpc) is 2.74. The lowest BCUT2D eigenvalue weighted by Gasteiger charge is -2.23. The number of aliphatic carboxylic acids is 1. The molecule has 1 saturated heterocycles. The van der Waals surface area contributed by atoms with Crippen LogP contribution in [0, 0.1) is 5.92 Å². The molecule has 0 aromatic carbocycles. The molecule has 1 fully saturated rings. The molecule has 0 aromatic rings. The summed E-state index contributed by atoms with van der Waals surface area (Å²) in [5.41, 5.74) is 0. The van der Waals surface area contributed by atoms with E-state index in [4.69, 9.17) is 5.11 Å². The van der Waals surface area contributed by atoms with Crippen molar-refractivity contribution in [1.29, 1.82) is 0 Å². The summed E-state index contributed by atoms with van der Waals surface area (Å²) in [5.74, 6) is -0.439. The smallest absolute Gasteiger partial charge is 0.320 e. The van der Waals surface area contributed by atoms with Gasteiger partial charge in [0.05, 0.1) is 0 Å². The number of urea groups is 1. The van der Waals surface area contributed by atoms with Gasteiger partial charge in [0.1, 0.15) is 0 Å². The number of carboxylic acid groups (broad SMARTS) is 1. The molecule has 0 radical (unpaired) electrons. The van der Waals surface area contributed by atoms with Gasteiger partial charge in [-0.15, -0.1) is 6.58 Å². The number of rotatable bonds is 5. The fraction of sp³-hybridized carbons (Fsp3) is 0.667. The van der Waals surface area contributed by atoms with Crippen molar-refractivity contribution in [2.24, 2.45) is 5.92 Å². The summed E-state index contributed by atoms with van der Waals surface area (Å²) in [6, 6.07) is 0.00252. The highest BCUT2D eigenvalue weighted by Crippen LogP contribution is 2.21. The normalized spacial score (nSPS) is 19.1. The van der Waals surface area contributed by atoms with Crippen LogP contribution in [0.15, 0.2) is 12.7 Å². The molecule has 0 aliphatic carbocycles. The number of likely N-dealkylation sites (N-methyl/N-ethyl adjacent to an activating group) is 1. The van der Waals surface area contributed by atoms with Crippen molar-refractivity contribution >= 4 is 12.0 Å². The van der Waals surface area contributed by atoms with Gasteiger partial charge in [-0.05, 0) is 18.8 Å². The van der Waals surface area contributed by atoms with E-state index in [1.165, 1.54) is 0 Å². The van der Waals surface area contributed by atoms with E-state index in [-0.39, 0.29) is 12.5 Å². The van der Waals surface area contributed by atoms with Crippen LogP contribution in [0.5, 0.6) is 0 Å². The van der Waals surface area contributed by atoms with Gasteiger partial charge in [-0.3, -0.25) is 4.79 Å². The van der Waals surface area contributed by atoms with Crippen LogP contribution in [-0.2, 0) is 4.79 Å². The Bertz CT molecular complexity index is 304. The molecule has 0 bridgehead atoms. The quantitative estimate of drug-likeness (QED) is 0.739. The molecule has 0 saturated carbocycles. The lowest BCUT2D eigenvalue weighted by molar-refractivity contribution is -0.137. The Labute approximate surface area is 102 Å². The second kappa shape index (κ2) is 6.27. The summed E-state index contributed by atoms with van der Waals surface area (Å²) in [6.45, 7) is 5.53. The Balaban J connectivity index is 2.36. The summed E-state index contributed by atoms with van der Waals surface area (Å²) < 4.78 is 0. The fourth-order valence-corrected chi connectivity index (χ4v) is 2.08. The molecule has 1 aliphatic heterocycles. The SMILES string of the molecule is C=CCN(C)C(=O)N1CCC(CCC(=O)O)C1. The maximum Gasteiger partial charge on any atom is 0.320 e. The molecule has 0 aromatic heterocycles. The first kappa shape index (κ1) is 13.5. The van der Waals surface area contributed by atoms with Crippen LogP contribution in [0.1, 0.15) is 19.3 Å². The van der Waals surface area contributed by atoms with Crippen LogP contribution in [0.4, 0.5) is 4.79 Å². The van der Waals surface area contributed by atoms with Crippen molar-refractivity contribution in [1.82, 2.24) is 9.80 Å². The fourth-order valence-electron chi connectivity index (χ4n) is 2.08. The van der Waals surface area contributed by atoms with Crippen LogP contribution in [0.3, 0.4) is 0 Å². The number of hydrogen-bond acceptors (Lipinski definition) is 2. The van der Waals surface area contributed by atoms with E-state index >= 15 is 0 Å². The highest BCUT2D eigenvalue weighted by Gasteiger charge is 2.27. The third-order valence-corrected chi connectivity index (χ3v) is 3.05. The molecule has 0 spiro atoms. The van der Waals surface area contributed by atoms with E-state index in [1.54, 1.807) is 22.9 Å². The van der Waals surface area contributed by atoms with E-state index in [0.29, 0.717) is 25.4 Å². The third kappa shape index (κ3) is 4.09. The van der Waals surface area contributed by atoms with Crippen LogP contribution < -0.4 is 0 Å². The van der Waals surface area contributed by atoms with Crippen molar-refractivity contribution in [3.05, 3.63) is 12.7 Å². The number of nitrogens with zero attached hydrogens (tertiary/aromatic N) is 2. The maximum atomic E-state index is 11.9. The predicted octanol–water partition coefficient (Wildman–Crippen LogP) is 1.41. The number of carboxylic acids is 1. The van der Waals surface area contributed by atoms with Crippen molar-refractivity contribution in [3.63, 3.8) is 0 Å². The second-order valence-electron chi connectivity index (χ2n) is 4.48. The minimum Gasteiger partial charge on any atom is -0.481 e. The number of carbonyl (C=O) groups excluding carboxylic acids is 1. The Morgan fingerprint density at radius 3 is 2.88 bits per heavy atom. The zero-order chi connectivity index (χ0) is 12.8. The van der Waals surface area contributed by atoms with Gasteiger partial charge >= 0.3 is 12.0 Å². The summed E-state index contributed by atoms with van der Waals surface area (Å²) in [4.78, 5) is 25.8. The molecule has 1 atom stereocenters. The molecular weight excluding hydrogens is 220 g/mol. The van der Waals surface area contributed by atoms with Gasteiger partial charge < -0.3 is 14.9 Å². The van der Waals surface area contributed by atoms with Crippen LogP contribution in [-0.4, -0.2) is 53.6 Å². The van der Waals surface area contributed by atoms with E-state index in [1.807, 2.05) is 0 Å². The van der Waals surface area contributed by atoms with Crippen molar-refractivity contribution in [3.8, 4) is 0 Å². The van der Waals surface area contributed by atoms with Gasteiger partial charge in [0.15, 0.2) is 0 Å². The number of amides is 2. The lowest BCUT2D eigenvalue weighted by atomic mass is 10.0. The Morgan fingerprint density at radius 1 is 1.59 bits per heavy atom. The van der Waals surface area contributed by atoms with Crippen LogP contribution in [0.2, 0.25) is 0 Å². The molecular formula is C12H20N2O3. The molecule has 1 unspecified atom stereocenters. The summed E-state index contributed by atoms with van der Waals surface area (Å²) in [7, 11) is 1.74. The third-order valence-electron chi connectivity index (χ3n) is 3.05. The van der Waals surface area contributed by atoms with Crippen LogP contribution in [0.25, 0.3) is 0 Å². The highest BCUT2D eigenvalue weighted by molar-refractivity contribution is 5.74. The first-order valence-electron chi connectivity index (χ1n) is 5.87. The Hall–Kier alpha value is -1.52. The van der Waals surface area contributed by atoms with Crippen molar-refractivity contribution in [2.45, 2.75) is 19.3 Å². The van der Waals surface area contributed by atoms with Gasteiger partial charge in [0, 0.05) is 33.1 Å². The Kier molecular flexibility index (Phi) is 5.00. The van der Waals surface area contributed by atoms with Gasteiger partial charge in [0.2, 0.25) is 0 Å². The molecule has 2 amide bonds. The molecule has 1 N–H and O–H groups in total. The maximum absolute atomic E-state index is 11.9. The number of carbonyl (C=O) groups is 2. The molecule has 1 heterocycles. The minimum absolute atomic E-state index is 0.00252. The summed E-state index contributed by atoms with van der Waals surface area (Å²) in [5, 5.41) is 8.61. The van der Waals surface area contributed by atoms with Gasteiger partial charge in [-0.25, -0.2) is 4.79 Å². The van der Waals surface area contributed by atoms with E-state index in [0.717, 1.165) is 13.0 Å². The van der Waals surface area contributed by atoms with E-state index in [9.17, 15) is 9.59 Å². The van der Waals surface area contributed by atoms with E-state index in [2.05, 4.69) is 6.58 Å². The number of likely N-dealkylation sites (tertiary alicyclic amines) is 1. The van der Waals surface area contributed by atoms with Gasteiger partial charge in [0.25, 0.3) is 0 Å². The molecule has 1 rings (SSSR count). The summed E-state index contributed by atoms with van der Waals surface area (Å²) in [6.07, 6.45) is 3.44. The first-order valence-corrected chi connectivity index (χ1v) is 5.87. The van der Waals surface area contributed by atoms with Gasteiger partial charge in [-0.1, -0.05) is 6.08 Å². The monoisotopic (exact) mass is 240 g/mol. The zero-order valence-corrected chi connectivity index (χ0v) is 10.3. The van der Waals surface area contributed by atoms with Crippen LogP contribution >= 0.6 is 0 Å². The summed E-state index contributed by atoms with van der Waals surface area (Å²) >= 11 is 0. The van der Waals surface area contributed by atoms with E-state index < -0.39 is 5.97 Å². The minimum atomic E-state index is -0.765. The average molecular weight is 240 g/mol. The molecule has 17 heavy (non-hydrogen) atoms. The van der Waals surface area contributed by atoms with Gasteiger partial charge in [-0.2, -0.15) is 0 Å².